The number of amides is 1. The fraction of sp³-hybridized carbons (Fsp3) is 0.435. The van der Waals surface area contributed by atoms with Gasteiger partial charge in [0, 0.05) is 15.8 Å². The molecule has 1 saturated heterocycles. The van der Waals surface area contributed by atoms with Gasteiger partial charge in [-0.3, -0.25) is 4.79 Å². The fourth-order valence-electron chi connectivity index (χ4n) is 6.28. The molecule has 5 aliphatic rings. The Morgan fingerprint density at radius 3 is 2.53 bits per heavy atom. The molecule has 154 valence electrons. The number of benzene rings is 1. The zero-order chi connectivity index (χ0) is 20.3. The van der Waals surface area contributed by atoms with Crippen molar-refractivity contribution < 1.29 is 4.79 Å². The van der Waals surface area contributed by atoms with E-state index in [1.165, 1.54) is 56.0 Å². The number of nitrogens with one attached hydrogen (secondary N) is 1. The van der Waals surface area contributed by atoms with Gasteiger partial charge in [-0.2, -0.15) is 4.99 Å². The van der Waals surface area contributed by atoms with Crippen LogP contribution in [-0.2, 0) is 10.2 Å². The molecule has 2 aromatic rings. The first kappa shape index (κ1) is 19.1. The highest BCUT2D eigenvalue weighted by Crippen LogP contribution is 2.60. The first-order chi connectivity index (χ1) is 14.6. The zero-order valence-electron chi connectivity index (χ0n) is 16.4. The Bertz CT molecular complexity index is 1050. The molecule has 7 heteroatoms. The standard InChI is InChI=1S/C23H22ClN3OS2/c24-17-4-2-1-3-16(17)8-18-20(28)26-22(30-18)27-21-25-19(12-29-21)23-9-13-5-14(10-23)7-15(6-13)11-23/h1-4,8,12-15H,5-7,9-11H2,(H,25,26,27,28)/b18-8-. The molecule has 1 aliphatic heterocycles. The second kappa shape index (κ2) is 7.21. The second-order valence-electron chi connectivity index (χ2n) is 9.22. The summed E-state index contributed by atoms with van der Waals surface area (Å²) in [5.74, 6) is 2.55. The number of thiazole rings is 1. The van der Waals surface area contributed by atoms with Gasteiger partial charge in [0.15, 0.2) is 5.17 Å². The highest BCUT2D eigenvalue weighted by Gasteiger charge is 2.52. The summed E-state index contributed by atoms with van der Waals surface area (Å²) < 4.78 is 0. The molecule has 0 atom stereocenters. The largest absolute Gasteiger partial charge is 0.300 e. The molecule has 4 nitrogen and oxygen atoms in total. The molecule has 4 aliphatic carbocycles. The molecule has 0 spiro atoms. The Hall–Kier alpha value is -1.63. The van der Waals surface area contributed by atoms with Crippen molar-refractivity contribution in [2.75, 3.05) is 0 Å². The van der Waals surface area contributed by atoms with Gasteiger partial charge in [-0.1, -0.05) is 29.8 Å². The van der Waals surface area contributed by atoms with Crippen LogP contribution in [0.25, 0.3) is 6.08 Å². The van der Waals surface area contributed by atoms with Gasteiger partial charge in [0.2, 0.25) is 5.13 Å². The van der Waals surface area contributed by atoms with Crippen molar-refractivity contribution >= 4 is 57.0 Å². The Balaban J connectivity index is 1.23. The summed E-state index contributed by atoms with van der Waals surface area (Å²) >= 11 is 9.16. The molecule has 1 aromatic carbocycles. The molecule has 2 heterocycles. The third-order valence-corrected chi connectivity index (χ3v) is 9.10. The minimum atomic E-state index is -0.142. The van der Waals surface area contributed by atoms with Crippen molar-refractivity contribution in [3.63, 3.8) is 0 Å². The van der Waals surface area contributed by atoms with Crippen LogP contribution in [0, 0.1) is 17.8 Å². The quantitative estimate of drug-likeness (QED) is 0.564. The molecule has 0 unspecified atom stereocenters. The van der Waals surface area contributed by atoms with Crippen LogP contribution in [-0.4, -0.2) is 16.1 Å². The third kappa shape index (κ3) is 3.33. The average molecular weight is 456 g/mol. The van der Waals surface area contributed by atoms with Crippen LogP contribution in [0.3, 0.4) is 0 Å². The first-order valence-electron chi connectivity index (χ1n) is 10.6. The molecule has 0 radical (unpaired) electrons. The van der Waals surface area contributed by atoms with Crippen molar-refractivity contribution in [1.82, 2.24) is 10.3 Å². The number of aliphatic imine (C=N–C) groups is 1. The Kier molecular flexibility index (Phi) is 4.59. The molecule has 7 rings (SSSR count). The molecule has 4 saturated carbocycles. The van der Waals surface area contributed by atoms with E-state index in [4.69, 9.17) is 16.6 Å². The first-order valence-corrected chi connectivity index (χ1v) is 12.6. The van der Waals surface area contributed by atoms with E-state index in [9.17, 15) is 4.79 Å². The van der Waals surface area contributed by atoms with Gasteiger partial charge in [0.1, 0.15) is 0 Å². The number of hydrogen-bond acceptors (Lipinski definition) is 5. The summed E-state index contributed by atoms with van der Waals surface area (Å²) in [6.45, 7) is 0. The van der Waals surface area contributed by atoms with Crippen molar-refractivity contribution in [2.24, 2.45) is 22.7 Å². The van der Waals surface area contributed by atoms with Gasteiger partial charge in [-0.15, -0.1) is 11.3 Å². The van der Waals surface area contributed by atoms with Crippen LogP contribution in [0.2, 0.25) is 5.02 Å². The highest BCUT2D eigenvalue weighted by molar-refractivity contribution is 8.18. The van der Waals surface area contributed by atoms with E-state index in [0.717, 1.165) is 28.4 Å². The van der Waals surface area contributed by atoms with Crippen LogP contribution in [0.5, 0.6) is 0 Å². The SMILES string of the molecule is O=C1N/C(=N/c2nc(C34CC5CC(CC(C5)C3)C4)cs2)S/C1=C\c1ccccc1Cl. The predicted molar refractivity (Wildman–Crippen MR) is 124 cm³/mol. The van der Waals surface area contributed by atoms with Gasteiger partial charge in [0.25, 0.3) is 5.91 Å². The lowest BCUT2D eigenvalue weighted by atomic mass is 9.49. The lowest BCUT2D eigenvalue weighted by Crippen LogP contribution is -2.48. The van der Waals surface area contributed by atoms with Crippen LogP contribution in [0.15, 0.2) is 39.5 Å². The maximum absolute atomic E-state index is 12.4. The van der Waals surface area contributed by atoms with Gasteiger partial charge < -0.3 is 5.32 Å². The van der Waals surface area contributed by atoms with E-state index in [1.807, 2.05) is 30.3 Å². The maximum Gasteiger partial charge on any atom is 0.264 e. The van der Waals surface area contributed by atoms with Crippen molar-refractivity contribution in [2.45, 2.75) is 43.9 Å². The molecule has 4 bridgehead atoms. The van der Waals surface area contributed by atoms with Crippen LogP contribution in [0.4, 0.5) is 5.13 Å². The van der Waals surface area contributed by atoms with E-state index in [-0.39, 0.29) is 11.3 Å². The molecular weight excluding hydrogens is 434 g/mol. The molecule has 1 aromatic heterocycles. The summed E-state index contributed by atoms with van der Waals surface area (Å²) in [6, 6.07) is 7.51. The molecule has 1 N–H and O–H groups in total. The summed E-state index contributed by atoms with van der Waals surface area (Å²) in [7, 11) is 0. The second-order valence-corrected chi connectivity index (χ2v) is 11.5. The fourth-order valence-corrected chi connectivity index (χ4v) is 8.16. The molecular formula is C23H22ClN3OS2. The Morgan fingerprint density at radius 1 is 1.13 bits per heavy atom. The van der Waals surface area contributed by atoms with Gasteiger partial charge in [0.05, 0.1) is 10.6 Å². The minimum absolute atomic E-state index is 0.142. The van der Waals surface area contributed by atoms with E-state index >= 15 is 0 Å². The van der Waals surface area contributed by atoms with Crippen LogP contribution < -0.4 is 5.32 Å². The molecule has 30 heavy (non-hydrogen) atoms. The smallest absolute Gasteiger partial charge is 0.264 e. The van der Waals surface area contributed by atoms with Gasteiger partial charge in [-0.25, -0.2) is 4.98 Å². The molecule has 5 fully saturated rings. The summed E-state index contributed by atoms with van der Waals surface area (Å²) in [5.41, 5.74) is 2.36. The number of rotatable bonds is 3. The van der Waals surface area contributed by atoms with Crippen molar-refractivity contribution in [3.8, 4) is 0 Å². The number of carbonyl (C=O) groups excluding carboxylic acids is 1. The van der Waals surface area contributed by atoms with E-state index in [2.05, 4.69) is 15.7 Å². The number of amidine groups is 1. The lowest BCUT2D eigenvalue weighted by Gasteiger charge is -2.56. The average Bonchev–Trinajstić information content (AvgIpc) is 3.30. The Labute approximate surface area is 189 Å². The van der Waals surface area contributed by atoms with Gasteiger partial charge in [-0.05, 0) is 85.7 Å². The maximum atomic E-state index is 12.4. The number of carbonyl (C=O) groups is 1. The molecule has 1 amide bonds. The van der Waals surface area contributed by atoms with E-state index < -0.39 is 0 Å². The topological polar surface area (TPSA) is 54.4 Å². The highest BCUT2D eigenvalue weighted by atomic mass is 35.5. The Morgan fingerprint density at radius 2 is 1.83 bits per heavy atom. The van der Waals surface area contributed by atoms with Crippen LogP contribution in [0.1, 0.15) is 49.8 Å². The number of halogens is 1. The zero-order valence-corrected chi connectivity index (χ0v) is 18.8. The van der Waals surface area contributed by atoms with Crippen molar-refractivity contribution in [1.29, 1.82) is 0 Å². The monoisotopic (exact) mass is 455 g/mol. The number of hydrogen-bond donors (Lipinski definition) is 1. The lowest BCUT2D eigenvalue weighted by molar-refractivity contribution is -0.115. The third-order valence-electron chi connectivity index (χ3n) is 7.11. The number of nitrogens with zero attached hydrogens (tertiary/aromatic N) is 2. The summed E-state index contributed by atoms with van der Waals surface area (Å²) in [6.07, 6.45) is 10.0. The number of thioether (sulfide) groups is 1. The predicted octanol–water partition coefficient (Wildman–Crippen LogP) is 6.16. The van der Waals surface area contributed by atoms with Gasteiger partial charge >= 0.3 is 0 Å². The van der Waals surface area contributed by atoms with Crippen LogP contribution >= 0.6 is 34.7 Å². The van der Waals surface area contributed by atoms with E-state index in [0.29, 0.717) is 15.1 Å². The minimum Gasteiger partial charge on any atom is -0.300 e. The normalized spacial score (nSPS) is 34.8. The summed E-state index contributed by atoms with van der Waals surface area (Å²) in [5, 5.41) is 7.04. The van der Waals surface area contributed by atoms with Crippen molar-refractivity contribution in [3.05, 3.63) is 50.8 Å². The van der Waals surface area contributed by atoms with E-state index in [1.54, 1.807) is 11.3 Å². The number of aromatic nitrogens is 1. The summed E-state index contributed by atoms with van der Waals surface area (Å²) in [4.78, 5) is 22.6.